The van der Waals surface area contributed by atoms with Crippen molar-refractivity contribution in [3.05, 3.63) is 0 Å². The van der Waals surface area contributed by atoms with Gasteiger partial charge >= 0.3 is 0 Å². The van der Waals surface area contributed by atoms with Crippen molar-refractivity contribution in [2.45, 2.75) is 58.5 Å². The Morgan fingerprint density at radius 2 is 1.21 bits per heavy atom. The van der Waals surface area contributed by atoms with Gasteiger partial charge in [0.25, 0.3) is 0 Å². The van der Waals surface area contributed by atoms with Gasteiger partial charge in [-0.25, -0.2) is 0 Å². The highest BCUT2D eigenvalue weighted by Gasteiger charge is 2.53. The third-order valence-corrected chi connectivity index (χ3v) is 10.2. The minimum atomic E-state index is 0.669. The first-order chi connectivity index (χ1) is 16.4. The second kappa shape index (κ2) is 11.0. The lowest BCUT2D eigenvalue weighted by atomic mass is 9.71. The maximum absolute atomic E-state index is 2.84. The topological polar surface area (TPSA) is 19.4 Å². The van der Waals surface area contributed by atoms with Gasteiger partial charge in [0.2, 0.25) is 0 Å². The SMILES string of the molecule is CCN1CCC(N2CC3(CN(CCCCN4CCC(N5CCN(C)CC5)[C@H](C)C4)C3)C2)[C@@H](C)C1. The summed E-state index contributed by atoms with van der Waals surface area (Å²) in [6.07, 6.45) is 5.54. The Bertz CT molecular complexity index is 635. The van der Waals surface area contributed by atoms with Gasteiger partial charge in [-0.1, -0.05) is 20.8 Å². The van der Waals surface area contributed by atoms with E-state index in [2.05, 4.69) is 57.2 Å². The Morgan fingerprint density at radius 1 is 0.647 bits per heavy atom. The molecule has 1 spiro atoms. The Balaban J connectivity index is 0.923. The maximum Gasteiger partial charge on any atom is 0.0212 e. The molecule has 6 heteroatoms. The molecular weight excluding hydrogens is 420 g/mol. The lowest BCUT2D eigenvalue weighted by molar-refractivity contribution is -0.143. The molecule has 0 aromatic carbocycles. The summed E-state index contributed by atoms with van der Waals surface area (Å²) >= 11 is 0. The molecule has 5 fully saturated rings. The van der Waals surface area contributed by atoms with E-state index in [1.165, 1.54) is 124 Å². The molecule has 196 valence electrons. The molecule has 5 saturated heterocycles. The molecule has 0 N–H and O–H groups in total. The average Bonchev–Trinajstić information content (AvgIpc) is 2.78. The molecule has 2 unspecified atom stereocenters. The highest BCUT2D eigenvalue weighted by molar-refractivity contribution is 5.08. The third kappa shape index (κ3) is 5.68. The summed E-state index contributed by atoms with van der Waals surface area (Å²) in [4.78, 5) is 16.3. The molecule has 0 saturated carbocycles. The first kappa shape index (κ1) is 25.4. The van der Waals surface area contributed by atoms with Gasteiger partial charge in [0.05, 0.1) is 0 Å². The number of hydrogen-bond acceptors (Lipinski definition) is 6. The second-order valence-corrected chi connectivity index (χ2v) is 13.0. The Labute approximate surface area is 210 Å². The summed E-state index contributed by atoms with van der Waals surface area (Å²) in [7, 11) is 2.27. The van der Waals surface area contributed by atoms with Crippen molar-refractivity contribution in [1.29, 1.82) is 0 Å². The Morgan fingerprint density at radius 3 is 1.82 bits per heavy atom. The number of likely N-dealkylation sites (tertiary alicyclic amines) is 4. The molecule has 0 aromatic heterocycles. The van der Waals surface area contributed by atoms with Crippen LogP contribution < -0.4 is 0 Å². The fraction of sp³-hybridized carbons (Fsp3) is 1.00. The highest BCUT2D eigenvalue weighted by Crippen LogP contribution is 2.42. The number of rotatable bonds is 8. The fourth-order valence-electron chi connectivity index (χ4n) is 8.15. The summed E-state index contributed by atoms with van der Waals surface area (Å²) in [6.45, 7) is 27.0. The largest absolute Gasteiger partial charge is 0.304 e. The predicted octanol–water partition coefficient (Wildman–Crippen LogP) is 2.07. The van der Waals surface area contributed by atoms with E-state index < -0.39 is 0 Å². The predicted molar refractivity (Wildman–Crippen MR) is 142 cm³/mol. The molecular formula is C28H54N6. The first-order valence-electron chi connectivity index (χ1n) is 14.8. The molecule has 34 heavy (non-hydrogen) atoms. The number of unbranched alkanes of at least 4 members (excludes halogenated alkanes) is 1. The molecule has 5 rings (SSSR count). The van der Waals surface area contributed by atoms with Crippen LogP contribution in [0.1, 0.15) is 46.5 Å². The minimum Gasteiger partial charge on any atom is -0.304 e. The summed E-state index contributed by atoms with van der Waals surface area (Å²) < 4.78 is 0. The van der Waals surface area contributed by atoms with E-state index in [1.54, 1.807) is 0 Å². The fourth-order valence-corrected chi connectivity index (χ4v) is 8.15. The number of likely N-dealkylation sites (N-methyl/N-ethyl adjacent to an activating group) is 1. The van der Waals surface area contributed by atoms with Crippen molar-refractivity contribution in [3.63, 3.8) is 0 Å². The smallest absolute Gasteiger partial charge is 0.0212 e. The van der Waals surface area contributed by atoms with Crippen LogP contribution in [0.25, 0.3) is 0 Å². The third-order valence-electron chi connectivity index (χ3n) is 10.2. The number of piperidine rings is 2. The van der Waals surface area contributed by atoms with E-state index in [-0.39, 0.29) is 0 Å². The van der Waals surface area contributed by atoms with Crippen LogP contribution in [0.4, 0.5) is 0 Å². The van der Waals surface area contributed by atoms with Crippen LogP contribution >= 0.6 is 0 Å². The van der Waals surface area contributed by atoms with Crippen molar-refractivity contribution in [2.75, 3.05) is 105 Å². The maximum atomic E-state index is 2.84. The van der Waals surface area contributed by atoms with Gasteiger partial charge in [-0.15, -0.1) is 0 Å². The van der Waals surface area contributed by atoms with Crippen molar-refractivity contribution in [1.82, 2.24) is 29.4 Å². The Kier molecular flexibility index (Phi) is 8.24. The lowest BCUT2D eigenvalue weighted by Gasteiger charge is -2.63. The zero-order valence-electron chi connectivity index (χ0n) is 22.9. The quantitative estimate of drug-likeness (QED) is 0.498. The zero-order chi connectivity index (χ0) is 23.7. The number of nitrogens with zero attached hydrogens (tertiary/aromatic N) is 6. The van der Waals surface area contributed by atoms with Crippen LogP contribution in [0.15, 0.2) is 0 Å². The van der Waals surface area contributed by atoms with Crippen molar-refractivity contribution >= 4 is 0 Å². The average molecular weight is 475 g/mol. The van der Waals surface area contributed by atoms with E-state index >= 15 is 0 Å². The van der Waals surface area contributed by atoms with E-state index in [9.17, 15) is 0 Å². The summed E-state index contributed by atoms with van der Waals surface area (Å²) in [5.41, 5.74) is 0.669. The van der Waals surface area contributed by atoms with Gasteiger partial charge in [0, 0.05) is 82.9 Å². The molecule has 0 bridgehead atoms. The van der Waals surface area contributed by atoms with Gasteiger partial charge in [-0.05, 0) is 77.3 Å². The monoisotopic (exact) mass is 474 g/mol. The summed E-state index contributed by atoms with van der Waals surface area (Å²) in [5, 5.41) is 0. The van der Waals surface area contributed by atoms with Crippen LogP contribution in [0, 0.1) is 17.3 Å². The first-order valence-corrected chi connectivity index (χ1v) is 14.8. The molecule has 0 aromatic rings. The van der Waals surface area contributed by atoms with Gasteiger partial charge in [-0.3, -0.25) is 9.80 Å². The molecule has 5 aliphatic rings. The summed E-state index contributed by atoms with van der Waals surface area (Å²) in [5.74, 6) is 1.67. The van der Waals surface area contributed by atoms with Crippen molar-refractivity contribution in [3.8, 4) is 0 Å². The van der Waals surface area contributed by atoms with Crippen LogP contribution in [0.2, 0.25) is 0 Å². The zero-order valence-corrected chi connectivity index (χ0v) is 22.9. The summed E-state index contributed by atoms with van der Waals surface area (Å²) in [6, 6.07) is 1.68. The van der Waals surface area contributed by atoms with Gasteiger partial charge in [-0.2, -0.15) is 0 Å². The van der Waals surface area contributed by atoms with Crippen molar-refractivity contribution in [2.24, 2.45) is 17.3 Å². The molecule has 5 aliphatic heterocycles. The van der Waals surface area contributed by atoms with Crippen LogP contribution in [-0.2, 0) is 0 Å². The van der Waals surface area contributed by atoms with Crippen molar-refractivity contribution < 1.29 is 0 Å². The van der Waals surface area contributed by atoms with E-state index in [0.717, 1.165) is 23.9 Å². The molecule has 4 atom stereocenters. The number of piperazine rings is 1. The molecule has 0 radical (unpaired) electrons. The highest BCUT2D eigenvalue weighted by atomic mass is 15.3. The van der Waals surface area contributed by atoms with Crippen LogP contribution in [0.5, 0.6) is 0 Å². The molecule has 6 nitrogen and oxygen atoms in total. The lowest BCUT2D eigenvalue weighted by Crippen LogP contribution is -2.74. The minimum absolute atomic E-state index is 0.669. The molecule has 5 heterocycles. The van der Waals surface area contributed by atoms with Gasteiger partial charge < -0.3 is 19.6 Å². The second-order valence-electron chi connectivity index (χ2n) is 13.0. The van der Waals surface area contributed by atoms with E-state index in [1.807, 2.05) is 0 Å². The van der Waals surface area contributed by atoms with E-state index in [4.69, 9.17) is 0 Å². The van der Waals surface area contributed by atoms with Crippen LogP contribution in [0.3, 0.4) is 0 Å². The standard InChI is InChI=1S/C28H54N6/c1-5-30-12-8-27(24(2)18-30)34-22-28(23-34)20-32(21-28)11-7-6-10-31-13-9-26(25(3)19-31)33-16-14-29(4)15-17-33/h24-27H,5-23H2,1-4H3/t24-,25+,26?,27?/m0/s1. The van der Waals surface area contributed by atoms with Crippen LogP contribution in [-0.4, -0.2) is 147 Å². The Hall–Kier alpha value is -0.240. The molecule has 0 amide bonds. The van der Waals surface area contributed by atoms with Gasteiger partial charge in [0.1, 0.15) is 0 Å². The van der Waals surface area contributed by atoms with Gasteiger partial charge in [0.15, 0.2) is 0 Å². The number of hydrogen-bond donors (Lipinski definition) is 0. The normalized spacial score (nSPS) is 37.1. The molecule has 0 aliphatic carbocycles. The van der Waals surface area contributed by atoms with E-state index in [0.29, 0.717) is 5.41 Å².